The van der Waals surface area contributed by atoms with E-state index in [1.807, 2.05) is 54.6 Å². The van der Waals surface area contributed by atoms with Gasteiger partial charge in [0.15, 0.2) is 0 Å². The van der Waals surface area contributed by atoms with Gasteiger partial charge >= 0.3 is 12.1 Å². The molecule has 8 nitrogen and oxygen atoms in total. The summed E-state index contributed by atoms with van der Waals surface area (Å²) in [7, 11) is 0. The Morgan fingerprint density at radius 2 is 1.73 bits per heavy atom. The summed E-state index contributed by atoms with van der Waals surface area (Å²) < 4.78 is 33.5. The minimum absolute atomic E-state index is 0.0895. The molecule has 0 bridgehead atoms. The molecule has 0 radical (unpaired) electrons. The molecule has 1 aliphatic heterocycles. The molecule has 2 aliphatic rings. The van der Waals surface area contributed by atoms with Gasteiger partial charge in [-0.3, -0.25) is 14.2 Å². The molecular formula is C28H28ClF3N4O4S. The van der Waals surface area contributed by atoms with Crippen molar-refractivity contribution in [1.29, 1.82) is 0 Å². The molecule has 5 rings (SSSR count). The number of alkyl halides is 3. The standard InChI is InChI=1S/C26H27ClN4O2S.C2HF3O2/c27-19-11-9-17(10-12-19)15-28-16-22(32)30-14-13-21-23(26(30)34)25(33)31(20-7-2-1-3-8-20)24(29-21)18-5-4-6-18;3-2(4,5)1(6)7/h1-3,7-12,18,26,28,34H,4-6,13-16H2;(H,6,7). The van der Waals surface area contributed by atoms with Gasteiger partial charge in [-0.1, -0.05) is 48.4 Å². The second-order valence-corrected chi connectivity index (χ2v) is 10.6. The van der Waals surface area contributed by atoms with Gasteiger partial charge in [-0.05, 0) is 42.7 Å². The minimum Gasteiger partial charge on any atom is -0.475 e. The van der Waals surface area contributed by atoms with E-state index in [0.717, 1.165) is 42.0 Å². The van der Waals surface area contributed by atoms with Gasteiger partial charge in [0.25, 0.3) is 5.56 Å². The van der Waals surface area contributed by atoms with Gasteiger partial charge in [0.2, 0.25) is 5.91 Å². The number of thiol groups is 1. The lowest BCUT2D eigenvalue weighted by Crippen LogP contribution is -2.46. The van der Waals surface area contributed by atoms with Gasteiger partial charge in [0.1, 0.15) is 11.2 Å². The molecule has 2 heterocycles. The van der Waals surface area contributed by atoms with Crippen LogP contribution in [-0.4, -0.2) is 50.7 Å². The number of carbonyl (C=O) groups is 2. The average Bonchev–Trinajstić information content (AvgIpc) is 2.89. The molecule has 1 fully saturated rings. The molecule has 1 aliphatic carbocycles. The predicted molar refractivity (Wildman–Crippen MR) is 150 cm³/mol. The van der Waals surface area contributed by atoms with Crippen LogP contribution in [-0.2, 0) is 22.6 Å². The summed E-state index contributed by atoms with van der Waals surface area (Å²) in [6.45, 7) is 1.21. The van der Waals surface area contributed by atoms with Crippen molar-refractivity contribution in [3.63, 3.8) is 0 Å². The number of hydrogen-bond donors (Lipinski definition) is 3. The third-order valence-corrected chi connectivity index (χ3v) is 7.72. The Bertz CT molecular complexity index is 1450. The van der Waals surface area contributed by atoms with E-state index in [4.69, 9.17) is 39.1 Å². The van der Waals surface area contributed by atoms with Crippen molar-refractivity contribution in [3.8, 4) is 5.69 Å². The van der Waals surface area contributed by atoms with Crippen LogP contribution >= 0.6 is 24.2 Å². The van der Waals surface area contributed by atoms with Crippen LogP contribution in [0.4, 0.5) is 13.2 Å². The molecule has 2 N–H and O–H groups in total. The smallest absolute Gasteiger partial charge is 0.475 e. The summed E-state index contributed by atoms with van der Waals surface area (Å²) in [4.78, 5) is 42.4. The number of carboxylic acid groups (broad SMARTS) is 1. The molecule has 1 aromatic heterocycles. The second kappa shape index (κ2) is 13.1. The van der Waals surface area contributed by atoms with E-state index in [1.54, 1.807) is 9.47 Å². The lowest BCUT2D eigenvalue weighted by molar-refractivity contribution is -0.192. The number of nitrogens with zero attached hydrogens (tertiary/aromatic N) is 3. The topological polar surface area (TPSA) is 105 Å². The van der Waals surface area contributed by atoms with Crippen LogP contribution in [0.1, 0.15) is 53.2 Å². The Morgan fingerprint density at radius 3 is 2.29 bits per heavy atom. The molecule has 218 valence electrons. The maximum Gasteiger partial charge on any atom is 0.490 e. The molecule has 3 aromatic rings. The number of rotatable bonds is 6. The number of amides is 1. The number of fused-ring (bicyclic) bond motifs is 1. The molecule has 1 unspecified atom stereocenters. The fourth-order valence-electron chi connectivity index (χ4n) is 4.60. The molecule has 0 spiro atoms. The first-order valence-electron chi connectivity index (χ1n) is 12.9. The van der Waals surface area contributed by atoms with Crippen molar-refractivity contribution in [2.45, 2.75) is 49.7 Å². The molecule has 1 saturated carbocycles. The number of hydrogen-bond acceptors (Lipinski definition) is 6. The number of benzene rings is 2. The molecule has 13 heteroatoms. The fourth-order valence-corrected chi connectivity index (χ4v) is 5.23. The quantitative estimate of drug-likeness (QED) is 0.344. The van der Waals surface area contributed by atoms with Gasteiger partial charge in [-0.2, -0.15) is 13.2 Å². The number of para-hydroxylation sites is 1. The van der Waals surface area contributed by atoms with E-state index in [0.29, 0.717) is 36.0 Å². The van der Waals surface area contributed by atoms with Crippen LogP contribution in [0.3, 0.4) is 0 Å². The van der Waals surface area contributed by atoms with E-state index in [9.17, 15) is 22.8 Å². The van der Waals surface area contributed by atoms with E-state index < -0.39 is 17.5 Å². The first-order chi connectivity index (χ1) is 19.5. The number of carbonyl (C=O) groups excluding carboxylic acids is 1. The Morgan fingerprint density at radius 1 is 1.10 bits per heavy atom. The van der Waals surface area contributed by atoms with Gasteiger partial charge in [0, 0.05) is 30.5 Å². The highest BCUT2D eigenvalue weighted by Gasteiger charge is 2.38. The molecule has 1 amide bonds. The highest BCUT2D eigenvalue weighted by Crippen LogP contribution is 2.37. The zero-order chi connectivity index (χ0) is 29.7. The molecular weight excluding hydrogens is 581 g/mol. The van der Waals surface area contributed by atoms with Crippen LogP contribution in [0.15, 0.2) is 59.4 Å². The van der Waals surface area contributed by atoms with Crippen molar-refractivity contribution >= 4 is 36.1 Å². The number of aromatic nitrogens is 2. The van der Waals surface area contributed by atoms with Crippen LogP contribution in [0.25, 0.3) is 5.69 Å². The SMILES string of the molecule is O=C(CNCc1ccc(Cl)cc1)N1CCc2nc(C3CCC3)n(-c3ccccc3)c(=O)c2C1S.O=C(O)C(F)(F)F. The molecule has 2 aromatic carbocycles. The van der Waals surface area contributed by atoms with Crippen LogP contribution in [0.2, 0.25) is 5.02 Å². The summed E-state index contributed by atoms with van der Waals surface area (Å²) in [5.74, 6) is -1.71. The van der Waals surface area contributed by atoms with Gasteiger partial charge in [0.05, 0.1) is 23.5 Å². The first-order valence-corrected chi connectivity index (χ1v) is 13.8. The minimum atomic E-state index is -5.08. The van der Waals surface area contributed by atoms with E-state index in [-0.39, 0.29) is 18.0 Å². The Balaban J connectivity index is 0.000000493. The zero-order valence-electron chi connectivity index (χ0n) is 21.8. The largest absolute Gasteiger partial charge is 0.490 e. The maximum atomic E-state index is 13.8. The van der Waals surface area contributed by atoms with Crippen LogP contribution in [0, 0.1) is 0 Å². The van der Waals surface area contributed by atoms with Crippen LogP contribution in [0.5, 0.6) is 0 Å². The summed E-state index contributed by atoms with van der Waals surface area (Å²) >= 11 is 10.7. The molecule has 1 atom stereocenters. The molecule has 41 heavy (non-hydrogen) atoms. The zero-order valence-corrected chi connectivity index (χ0v) is 23.4. The fraction of sp³-hybridized carbons (Fsp3) is 0.357. The number of nitrogens with one attached hydrogen (secondary N) is 1. The van der Waals surface area contributed by atoms with Crippen molar-refractivity contribution < 1.29 is 27.9 Å². The normalized spacial score (nSPS) is 16.7. The van der Waals surface area contributed by atoms with E-state index in [1.165, 1.54) is 0 Å². The predicted octanol–water partition coefficient (Wildman–Crippen LogP) is 4.89. The first kappa shape index (κ1) is 30.6. The number of aliphatic carboxylic acids is 1. The van der Waals surface area contributed by atoms with Crippen molar-refractivity contribution in [2.24, 2.45) is 0 Å². The third-order valence-electron chi connectivity index (χ3n) is 6.93. The summed E-state index contributed by atoms with van der Waals surface area (Å²) in [6, 6.07) is 17.1. The molecule has 0 saturated heterocycles. The monoisotopic (exact) mass is 608 g/mol. The second-order valence-electron chi connectivity index (χ2n) is 9.68. The van der Waals surface area contributed by atoms with Crippen molar-refractivity contribution in [2.75, 3.05) is 13.1 Å². The number of halogens is 4. The summed E-state index contributed by atoms with van der Waals surface area (Å²) in [5.41, 5.74) is 3.01. The van der Waals surface area contributed by atoms with E-state index >= 15 is 0 Å². The highest BCUT2D eigenvalue weighted by molar-refractivity contribution is 7.80. The van der Waals surface area contributed by atoms with Gasteiger partial charge < -0.3 is 15.3 Å². The van der Waals surface area contributed by atoms with Crippen LogP contribution < -0.4 is 10.9 Å². The maximum absolute atomic E-state index is 13.8. The lowest BCUT2D eigenvalue weighted by Gasteiger charge is -2.35. The van der Waals surface area contributed by atoms with Crippen molar-refractivity contribution in [3.05, 3.63) is 92.6 Å². The Kier molecular flexibility index (Phi) is 9.77. The summed E-state index contributed by atoms with van der Waals surface area (Å²) in [5, 5.41) is 10.4. The third kappa shape index (κ3) is 7.30. The van der Waals surface area contributed by atoms with Gasteiger partial charge in [-0.25, -0.2) is 9.78 Å². The highest BCUT2D eigenvalue weighted by atomic mass is 35.5. The lowest BCUT2D eigenvalue weighted by atomic mass is 9.84. The van der Waals surface area contributed by atoms with Crippen molar-refractivity contribution in [1.82, 2.24) is 19.8 Å². The Labute approximate surface area is 244 Å². The summed E-state index contributed by atoms with van der Waals surface area (Å²) in [6.07, 6.45) is -1.27. The van der Waals surface area contributed by atoms with E-state index in [2.05, 4.69) is 5.32 Å². The Hall–Kier alpha value is -3.35. The number of carboxylic acids is 1. The average molecular weight is 609 g/mol. The van der Waals surface area contributed by atoms with Gasteiger partial charge in [-0.15, -0.1) is 12.6 Å².